The molecule has 0 saturated heterocycles. The van der Waals surface area contributed by atoms with Gasteiger partial charge in [0.25, 0.3) is 0 Å². The number of benzene rings is 2. The summed E-state index contributed by atoms with van der Waals surface area (Å²) >= 11 is 0. The minimum Gasteiger partial charge on any atom is -0.493 e. The van der Waals surface area contributed by atoms with Crippen LogP contribution in [0.5, 0.6) is 23.0 Å². The van der Waals surface area contributed by atoms with Crippen molar-refractivity contribution in [2.75, 3.05) is 14.2 Å². The molecule has 0 fully saturated rings. The summed E-state index contributed by atoms with van der Waals surface area (Å²) in [6.45, 7) is 0.851. The Balaban J connectivity index is 2.27. The lowest BCUT2D eigenvalue weighted by molar-refractivity contribution is 0.282. The molecule has 0 unspecified atom stereocenters. The maximum atomic E-state index is 9.66. The largest absolute Gasteiger partial charge is 0.493 e. The van der Waals surface area contributed by atoms with Gasteiger partial charge in [-0.3, -0.25) is 0 Å². The van der Waals surface area contributed by atoms with E-state index >= 15 is 0 Å². The standard InChI is InChI=1S/C16H19BO5/c1-17(19)14-6-4-12(8-11(14)10-18)22-13-5-7-15(20-2)16(9-13)21-3/h4-9,18-19H,10H2,1-3H3. The Morgan fingerprint density at radius 2 is 1.59 bits per heavy atom. The van der Waals surface area contributed by atoms with Crippen LogP contribution in [0, 0.1) is 0 Å². The van der Waals surface area contributed by atoms with Crippen LogP contribution >= 0.6 is 0 Å². The lowest BCUT2D eigenvalue weighted by Crippen LogP contribution is -2.29. The molecular weight excluding hydrogens is 283 g/mol. The molecule has 5 nitrogen and oxygen atoms in total. The highest BCUT2D eigenvalue weighted by Crippen LogP contribution is 2.33. The Labute approximate surface area is 130 Å². The molecule has 0 radical (unpaired) electrons. The first-order valence-corrected chi connectivity index (χ1v) is 6.90. The van der Waals surface area contributed by atoms with Crippen LogP contribution in [-0.4, -0.2) is 31.3 Å². The first-order valence-electron chi connectivity index (χ1n) is 6.90. The van der Waals surface area contributed by atoms with Gasteiger partial charge < -0.3 is 24.3 Å². The van der Waals surface area contributed by atoms with E-state index in [2.05, 4.69) is 0 Å². The van der Waals surface area contributed by atoms with Gasteiger partial charge in [-0.25, -0.2) is 0 Å². The molecule has 6 heteroatoms. The average Bonchev–Trinajstić information content (AvgIpc) is 2.54. The molecule has 0 aromatic heterocycles. The third kappa shape index (κ3) is 3.53. The zero-order chi connectivity index (χ0) is 16.1. The highest BCUT2D eigenvalue weighted by atomic mass is 16.5. The van der Waals surface area contributed by atoms with Crippen LogP contribution < -0.4 is 19.7 Å². The van der Waals surface area contributed by atoms with E-state index in [0.717, 1.165) is 0 Å². The zero-order valence-electron chi connectivity index (χ0n) is 12.9. The number of hydrogen-bond donors (Lipinski definition) is 2. The number of methoxy groups -OCH3 is 2. The second-order valence-electron chi connectivity index (χ2n) is 4.81. The quantitative estimate of drug-likeness (QED) is 0.797. The lowest BCUT2D eigenvalue weighted by atomic mass is 9.62. The SMILES string of the molecule is COc1ccc(Oc2ccc(B(C)O)c(CO)c2)cc1OC. The van der Waals surface area contributed by atoms with Crippen molar-refractivity contribution < 1.29 is 24.3 Å². The molecule has 0 saturated carbocycles. The smallest absolute Gasteiger partial charge is 0.320 e. The average molecular weight is 302 g/mol. The first kappa shape index (κ1) is 16.2. The molecule has 0 atom stereocenters. The van der Waals surface area contributed by atoms with E-state index < -0.39 is 6.92 Å². The molecule has 0 amide bonds. The van der Waals surface area contributed by atoms with Gasteiger partial charge in [-0.05, 0) is 35.3 Å². The van der Waals surface area contributed by atoms with E-state index in [1.807, 2.05) is 0 Å². The summed E-state index contributed by atoms with van der Waals surface area (Å²) in [6.07, 6.45) is 0. The fraction of sp³-hybridized carbons (Fsp3) is 0.250. The molecule has 2 aromatic rings. The van der Waals surface area contributed by atoms with Crippen molar-refractivity contribution in [3.05, 3.63) is 42.0 Å². The third-order valence-corrected chi connectivity index (χ3v) is 3.33. The number of rotatable bonds is 6. The summed E-state index contributed by atoms with van der Waals surface area (Å²) in [4.78, 5) is 0. The van der Waals surface area contributed by atoms with E-state index in [4.69, 9.17) is 14.2 Å². The molecule has 22 heavy (non-hydrogen) atoms. The van der Waals surface area contributed by atoms with Gasteiger partial charge in [-0.2, -0.15) is 0 Å². The van der Waals surface area contributed by atoms with Crippen molar-refractivity contribution in [1.82, 2.24) is 0 Å². The van der Waals surface area contributed by atoms with Gasteiger partial charge in [0.2, 0.25) is 0 Å². The van der Waals surface area contributed by atoms with Gasteiger partial charge in [0.05, 0.1) is 20.8 Å². The Bertz CT molecular complexity index is 642. The highest BCUT2D eigenvalue weighted by molar-refractivity contribution is 6.65. The van der Waals surface area contributed by atoms with E-state index in [1.54, 1.807) is 57.4 Å². The van der Waals surface area contributed by atoms with Crippen LogP contribution in [0.1, 0.15) is 5.56 Å². The maximum absolute atomic E-state index is 9.66. The van der Waals surface area contributed by atoms with E-state index in [9.17, 15) is 10.1 Å². The number of ether oxygens (including phenoxy) is 3. The molecule has 2 rings (SSSR count). The molecular formula is C16H19BO5. The Kier molecular flexibility index (Phi) is 5.30. The molecule has 116 valence electrons. The lowest BCUT2D eigenvalue weighted by Gasteiger charge is -2.13. The van der Waals surface area contributed by atoms with Gasteiger partial charge in [-0.1, -0.05) is 12.9 Å². The predicted octanol–water partition coefficient (Wildman–Crippen LogP) is 1.81. The van der Waals surface area contributed by atoms with Gasteiger partial charge >= 0.3 is 6.92 Å². The Morgan fingerprint density at radius 3 is 2.18 bits per heavy atom. The number of aliphatic hydroxyl groups is 1. The summed E-state index contributed by atoms with van der Waals surface area (Å²) in [5, 5.41) is 19.1. The molecule has 0 bridgehead atoms. The van der Waals surface area contributed by atoms with Crippen molar-refractivity contribution in [3.63, 3.8) is 0 Å². The minimum absolute atomic E-state index is 0.163. The summed E-state index contributed by atoms with van der Waals surface area (Å²) in [7, 11) is 3.13. The van der Waals surface area contributed by atoms with Crippen LogP contribution in [0.25, 0.3) is 0 Å². The van der Waals surface area contributed by atoms with Crippen molar-refractivity contribution in [1.29, 1.82) is 0 Å². The molecule has 0 spiro atoms. The Hall–Kier alpha value is -2.18. The van der Waals surface area contributed by atoms with Crippen molar-refractivity contribution in [2.24, 2.45) is 0 Å². The van der Waals surface area contributed by atoms with Crippen molar-refractivity contribution >= 4 is 12.4 Å². The van der Waals surface area contributed by atoms with Gasteiger partial charge in [0.15, 0.2) is 11.5 Å². The van der Waals surface area contributed by atoms with Gasteiger partial charge in [-0.15, -0.1) is 0 Å². The van der Waals surface area contributed by atoms with E-state index in [1.165, 1.54) is 0 Å². The topological polar surface area (TPSA) is 68.2 Å². The molecule has 0 aliphatic rings. The number of hydrogen-bond acceptors (Lipinski definition) is 5. The van der Waals surface area contributed by atoms with Crippen LogP contribution in [0.4, 0.5) is 0 Å². The van der Waals surface area contributed by atoms with Crippen LogP contribution in [0.2, 0.25) is 6.82 Å². The normalized spacial score (nSPS) is 10.2. The Morgan fingerprint density at radius 1 is 0.955 bits per heavy atom. The first-order chi connectivity index (χ1) is 10.6. The summed E-state index contributed by atoms with van der Waals surface area (Å²) in [5.41, 5.74) is 1.31. The molecule has 0 aliphatic carbocycles. The van der Waals surface area contributed by atoms with E-state index in [0.29, 0.717) is 34.0 Å². The zero-order valence-corrected chi connectivity index (χ0v) is 12.9. The molecule has 2 aromatic carbocycles. The summed E-state index contributed by atoms with van der Waals surface area (Å²) in [5.74, 6) is 2.35. The van der Waals surface area contributed by atoms with Gasteiger partial charge in [0, 0.05) is 6.07 Å². The minimum atomic E-state index is -0.641. The van der Waals surface area contributed by atoms with Crippen molar-refractivity contribution in [2.45, 2.75) is 13.4 Å². The summed E-state index contributed by atoms with van der Waals surface area (Å²) in [6, 6.07) is 10.4. The second-order valence-corrected chi connectivity index (χ2v) is 4.81. The highest BCUT2D eigenvalue weighted by Gasteiger charge is 2.13. The predicted molar refractivity (Wildman–Crippen MR) is 85.5 cm³/mol. The second kappa shape index (κ2) is 7.20. The number of aliphatic hydroxyl groups excluding tert-OH is 1. The fourth-order valence-electron chi connectivity index (χ4n) is 2.21. The maximum Gasteiger partial charge on any atom is 0.320 e. The third-order valence-electron chi connectivity index (χ3n) is 3.33. The molecule has 0 heterocycles. The van der Waals surface area contributed by atoms with Crippen LogP contribution in [-0.2, 0) is 6.61 Å². The fourth-order valence-corrected chi connectivity index (χ4v) is 2.21. The molecule has 2 N–H and O–H groups in total. The van der Waals surface area contributed by atoms with E-state index in [-0.39, 0.29) is 6.61 Å². The van der Waals surface area contributed by atoms with Crippen molar-refractivity contribution in [3.8, 4) is 23.0 Å². The summed E-state index contributed by atoms with van der Waals surface area (Å²) < 4.78 is 16.2. The van der Waals surface area contributed by atoms with Gasteiger partial charge in [0.1, 0.15) is 11.5 Å². The monoisotopic (exact) mass is 302 g/mol. The molecule has 0 aliphatic heterocycles. The van der Waals surface area contributed by atoms with Crippen LogP contribution in [0.15, 0.2) is 36.4 Å². The van der Waals surface area contributed by atoms with Crippen LogP contribution in [0.3, 0.4) is 0 Å².